The molecule has 2 aliphatic rings. The van der Waals surface area contributed by atoms with Crippen LogP contribution >= 0.6 is 0 Å². The summed E-state index contributed by atoms with van der Waals surface area (Å²) in [4.78, 5) is 16.2. The Bertz CT molecular complexity index is 659. The molecule has 0 unspecified atom stereocenters. The number of carbonyl (C=O) groups excluding carboxylic acids is 1. The second kappa shape index (κ2) is 4.65. The molecule has 0 spiro atoms. The lowest BCUT2D eigenvalue weighted by atomic mass is 10.2. The van der Waals surface area contributed by atoms with Crippen LogP contribution in [0.2, 0.25) is 0 Å². The minimum absolute atomic E-state index is 0.176. The molecule has 2 aromatic heterocycles. The van der Waals surface area contributed by atoms with E-state index in [1.165, 1.54) is 12.8 Å². The minimum Gasteiger partial charge on any atom is -0.454 e. The van der Waals surface area contributed by atoms with E-state index in [0.717, 1.165) is 18.4 Å². The number of carbonyl (C=O) groups is 1. The van der Waals surface area contributed by atoms with Crippen molar-refractivity contribution in [1.82, 2.24) is 20.0 Å². The molecule has 108 valence electrons. The molecule has 6 nitrogen and oxygen atoms in total. The zero-order valence-electron chi connectivity index (χ0n) is 11.6. The smallest absolute Gasteiger partial charge is 0.361 e. The van der Waals surface area contributed by atoms with Gasteiger partial charge in [-0.2, -0.15) is 0 Å². The maximum absolute atomic E-state index is 12.1. The number of rotatable bonds is 5. The highest BCUT2D eigenvalue weighted by Crippen LogP contribution is 2.56. The standard InChI is InChI=1S/C15H16N4O2/c20-14(21-15(5-6-15)12-3-4-12)13-10-19(18-17-13)9-11-2-1-7-16-8-11/h1-2,7-8,10,12H,3-6,9H2. The number of aromatic nitrogens is 4. The molecule has 4 rings (SSSR count). The van der Waals surface area contributed by atoms with Gasteiger partial charge in [0.2, 0.25) is 0 Å². The van der Waals surface area contributed by atoms with Crippen molar-refractivity contribution in [2.24, 2.45) is 5.92 Å². The number of hydrogen-bond donors (Lipinski definition) is 0. The summed E-state index contributed by atoms with van der Waals surface area (Å²) < 4.78 is 7.28. The van der Waals surface area contributed by atoms with Crippen LogP contribution in [-0.4, -0.2) is 31.5 Å². The molecule has 0 radical (unpaired) electrons. The van der Waals surface area contributed by atoms with Crippen molar-refractivity contribution in [1.29, 1.82) is 0 Å². The van der Waals surface area contributed by atoms with Crippen molar-refractivity contribution in [3.8, 4) is 0 Å². The van der Waals surface area contributed by atoms with E-state index in [4.69, 9.17) is 4.74 Å². The van der Waals surface area contributed by atoms with Crippen LogP contribution in [0, 0.1) is 5.92 Å². The van der Waals surface area contributed by atoms with Gasteiger partial charge in [-0.3, -0.25) is 4.98 Å². The van der Waals surface area contributed by atoms with E-state index >= 15 is 0 Å². The van der Waals surface area contributed by atoms with Crippen molar-refractivity contribution >= 4 is 5.97 Å². The molecular weight excluding hydrogens is 268 g/mol. The minimum atomic E-state index is -0.350. The van der Waals surface area contributed by atoms with Gasteiger partial charge in [0.05, 0.1) is 12.7 Å². The average molecular weight is 284 g/mol. The summed E-state index contributed by atoms with van der Waals surface area (Å²) in [6.07, 6.45) is 9.48. The summed E-state index contributed by atoms with van der Waals surface area (Å²) >= 11 is 0. The fourth-order valence-electron chi connectivity index (χ4n) is 2.71. The maximum atomic E-state index is 12.1. The zero-order valence-corrected chi connectivity index (χ0v) is 11.6. The molecule has 0 amide bonds. The second-order valence-corrected chi connectivity index (χ2v) is 5.89. The van der Waals surface area contributed by atoms with E-state index in [2.05, 4.69) is 15.3 Å². The Morgan fingerprint density at radius 2 is 2.29 bits per heavy atom. The third-order valence-electron chi connectivity index (χ3n) is 4.18. The molecule has 0 bridgehead atoms. The monoisotopic (exact) mass is 284 g/mol. The molecule has 21 heavy (non-hydrogen) atoms. The zero-order chi connectivity index (χ0) is 14.3. The van der Waals surface area contributed by atoms with Crippen LogP contribution in [0.3, 0.4) is 0 Å². The fraction of sp³-hybridized carbons (Fsp3) is 0.467. The van der Waals surface area contributed by atoms with Crippen molar-refractivity contribution < 1.29 is 9.53 Å². The van der Waals surface area contributed by atoms with E-state index in [-0.39, 0.29) is 17.3 Å². The van der Waals surface area contributed by atoms with Gasteiger partial charge in [-0.25, -0.2) is 9.48 Å². The third-order valence-corrected chi connectivity index (χ3v) is 4.18. The Hall–Kier alpha value is -2.24. The lowest BCUT2D eigenvalue weighted by Crippen LogP contribution is -2.22. The number of esters is 1. The van der Waals surface area contributed by atoms with Crippen LogP contribution in [0.25, 0.3) is 0 Å². The normalized spacial score (nSPS) is 19.2. The molecule has 0 saturated heterocycles. The van der Waals surface area contributed by atoms with Crippen molar-refractivity contribution in [2.45, 2.75) is 37.8 Å². The highest BCUT2D eigenvalue weighted by atomic mass is 16.6. The maximum Gasteiger partial charge on any atom is 0.361 e. The first-order valence-electron chi connectivity index (χ1n) is 7.28. The summed E-state index contributed by atoms with van der Waals surface area (Å²) in [7, 11) is 0. The quantitative estimate of drug-likeness (QED) is 0.783. The van der Waals surface area contributed by atoms with Gasteiger partial charge in [0.25, 0.3) is 0 Å². The van der Waals surface area contributed by atoms with E-state index in [0.29, 0.717) is 12.5 Å². The number of nitrogens with zero attached hydrogens (tertiary/aromatic N) is 4. The van der Waals surface area contributed by atoms with Crippen LogP contribution in [0.4, 0.5) is 0 Å². The molecule has 6 heteroatoms. The van der Waals surface area contributed by atoms with Gasteiger partial charge in [-0.15, -0.1) is 5.10 Å². The predicted octanol–water partition coefficient (Wildman–Crippen LogP) is 1.82. The Morgan fingerprint density at radius 3 is 2.95 bits per heavy atom. The molecule has 2 heterocycles. The Morgan fingerprint density at radius 1 is 1.43 bits per heavy atom. The fourth-order valence-corrected chi connectivity index (χ4v) is 2.71. The second-order valence-electron chi connectivity index (χ2n) is 5.89. The molecule has 0 atom stereocenters. The van der Waals surface area contributed by atoms with Crippen LogP contribution in [-0.2, 0) is 11.3 Å². The average Bonchev–Trinajstić information content (AvgIpc) is 3.40. The lowest BCUT2D eigenvalue weighted by molar-refractivity contribution is 0.0153. The molecule has 2 fully saturated rings. The summed E-state index contributed by atoms with van der Waals surface area (Å²) in [5.41, 5.74) is 1.12. The molecule has 0 aliphatic heterocycles. The first-order valence-corrected chi connectivity index (χ1v) is 7.28. The van der Waals surface area contributed by atoms with Gasteiger partial charge in [0.1, 0.15) is 5.60 Å². The lowest BCUT2D eigenvalue weighted by Gasteiger charge is -2.14. The summed E-state index contributed by atoms with van der Waals surface area (Å²) in [5, 5.41) is 7.90. The highest BCUT2D eigenvalue weighted by Gasteiger charge is 2.57. The van der Waals surface area contributed by atoms with Crippen molar-refractivity contribution in [2.75, 3.05) is 0 Å². The SMILES string of the molecule is O=C(OC1(C2CC2)CC1)c1cn(Cc2cccnc2)nn1. The first kappa shape index (κ1) is 12.5. The Labute approximate surface area is 122 Å². The van der Waals surface area contributed by atoms with Gasteiger partial charge in [0.15, 0.2) is 5.69 Å². The van der Waals surface area contributed by atoms with Gasteiger partial charge in [-0.1, -0.05) is 11.3 Å². The Kier molecular flexibility index (Phi) is 2.77. The molecule has 0 N–H and O–H groups in total. The Balaban J connectivity index is 1.43. The highest BCUT2D eigenvalue weighted by molar-refractivity contribution is 5.87. The number of pyridine rings is 1. The number of ether oxygens (including phenoxy) is 1. The predicted molar refractivity (Wildman–Crippen MR) is 73.5 cm³/mol. The van der Waals surface area contributed by atoms with E-state index in [1.54, 1.807) is 23.3 Å². The van der Waals surface area contributed by atoms with Gasteiger partial charge in [-0.05, 0) is 43.2 Å². The van der Waals surface area contributed by atoms with Crippen molar-refractivity contribution in [3.63, 3.8) is 0 Å². The summed E-state index contributed by atoms with van der Waals surface area (Å²) in [6, 6.07) is 3.83. The largest absolute Gasteiger partial charge is 0.454 e. The van der Waals surface area contributed by atoms with Crippen LogP contribution < -0.4 is 0 Å². The van der Waals surface area contributed by atoms with Gasteiger partial charge >= 0.3 is 5.97 Å². The molecule has 2 saturated carbocycles. The molecular formula is C15H16N4O2. The van der Waals surface area contributed by atoms with Crippen LogP contribution in [0.15, 0.2) is 30.7 Å². The van der Waals surface area contributed by atoms with Crippen LogP contribution in [0.5, 0.6) is 0 Å². The molecule has 2 aliphatic carbocycles. The summed E-state index contributed by atoms with van der Waals surface area (Å²) in [6.45, 7) is 0.544. The molecule has 2 aromatic rings. The number of hydrogen-bond acceptors (Lipinski definition) is 5. The topological polar surface area (TPSA) is 69.9 Å². The van der Waals surface area contributed by atoms with Crippen LogP contribution in [0.1, 0.15) is 41.7 Å². The van der Waals surface area contributed by atoms with E-state index < -0.39 is 0 Å². The van der Waals surface area contributed by atoms with E-state index in [1.807, 2.05) is 12.1 Å². The first-order chi connectivity index (χ1) is 10.3. The van der Waals surface area contributed by atoms with Gasteiger partial charge < -0.3 is 4.74 Å². The molecule has 0 aromatic carbocycles. The van der Waals surface area contributed by atoms with E-state index in [9.17, 15) is 4.79 Å². The third kappa shape index (κ3) is 2.53. The van der Waals surface area contributed by atoms with Crippen molar-refractivity contribution in [3.05, 3.63) is 42.0 Å². The van der Waals surface area contributed by atoms with Gasteiger partial charge in [0, 0.05) is 12.4 Å². The summed E-state index contributed by atoms with van der Waals surface area (Å²) in [5.74, 6) is 0.226.